The van der Waals surface area contributed by atoms with Crippen LogP contribution in [0.2, 0.25) is 5.02 Å². The number of carbonyl (C=O) groups excluding carboxylic acids is 1. The SMILES string of the molecule is O=Cc1cc(C(F)(F)F)c(Cl)cc1F. The number of alkyl halides is 3. The van der Waals surface area contributed by atoms with Gasteiger partial charge in [-0.3, -0.25) is 4.79 Å². The first-order chi connectivity index (χ1) is 6.36. The molecule has 1 nitrogen and oxygen atoms in total. The van der Waals surface area contributed by atoms with Crippen molar-refractivity contribution in [1.29, 1.82) is 0 Å². The van der Waals surface area contributed by atoms with E-state index < -0.39 is 28.1 Å². The molecule has 0 heterocycles. The maximum Gasteiger partial charge on any atom is 0.417 e. The van der Waals surface area contributed by atoms with E-state index in [0.717, 1.165) is 0 Å². The van der Waals surface area contributed by atoms with E-state index in [-0.39, 0.29) is 6.29 Å². The van der Waals surface area contributed by atoms with E-state index >= 15 is 0 Å². The molecule has 0 amide bonds. The molecule has 0 saturated heterocycles. The number of hydrogen-bond acceptors (Lipinski definition) is 1. The van der Waals surface area contributed by atoms with Crippen molar-refractivity contribution in [2.24, 2.45) is 0 Å². The molecule has 0 N–H and O–H groups in total. The van der Waals surface area contributed by atoms with Crippen LogP contribution in [0.5, 0.6) is 0 Å². The van der Waals surface area contributed by atoms with Gasteiger partial charge in [-0.15, -0.1) is 0 Å². The molecule has 0 fully saturated rings. The lowest BCUT2D eigenvalue weighted by atomic mass is 10.1. The Morgan fingerprint density at radius 1 is 1.29 bits per heavy atom. The number of aldehydes is 1. The second-order valence-electron chi connectivity index (χ2n) is 2.47. The van der Waals surface area contributed by atoms with Crippen LogP contribution in [-0.2, 0) is 6.18 Å². The molecule has 1 aromatic rings. The second kappa shape index (κ2) is 3.57. The van der Waals surface area contributed by atoms with Gasteiger partial charge in [0.25, 0.3) is 0 Å². The predicted octanol–water partition coefficient (Wildman–Crippen LogP) is 3.31. The van der Waals surface area contributed by atoms with Crippen LogP contribution in [0, 0.1) is 5.82 Å². The average molecular weight is 227 g/mol. The fourth-order valence-corrected chi connectivity index (χ4v) is 1.13. The summed E-state index contributed by atoms with van der Waals surface area (Å²) in [5.74, 6) is -1.07. The number of rotatable bonds is 1. The number of halogens is 5. The van der Waals surface area contributed by atoms with Crippen LogP contribution in [-0.4, -0.2) is 6.29 Å². The van der Waals surface area contributed by atoms with Gasteiger partial charge in [0.05, 0.1) is 16.1 Å². The molecule has 0 aliphatic carbocycles. The summed E-state index contributed by atoms with van der Waals surface area (Å²) in [6.07, 6.45) is -4.69. The molecule has 0 saturated carbocycles. The van der Waals surface area contributed by atoms with Crippen LogP contribution in [0.25, 0.3) is 0 Å². The molecule has 6 heteroatoms. The molecule has 0 aliphatic heterocycles. The van der Waals surface area contributed by atoms with Crippen molar-refractivity contribution in [3.63, 3.8) is 0 Å². The zero-order chi connectivity index (χ0) is 10.9. The first-order valence-corrected chi connectivity index (χ1v) is 3.75. The first kappa shape index (κ1) is 11.0. The molecule has 14 heavy (non-hydrogen) atoms. The quantitative estimate of drug-likeness (QED) is 0.530. The Kier molecular flexibility index (Phi) is 2.80. The molecule has 1 aromatic carbocycles. The summed E-state index contributed by atoms with van der Waals surface area (Å²) in [5.41, 5.74) is -1.88. The van der Waals surface area contributed by atoms with Gasteiger partial charge in [-0.25, -0.2) is 4.39 Å². The second-order valence-corrected chi connectivity index (χ2v) is 2.88. The zero-order valence-corrected chi connectivity index (χ0v) is 7.29. The van der Waals surface area contributed by atoms with Gasteiger partial charge >= 0.3 is 6.18 Å². The molecule has 0 aliphatic rings. The minimum atomic E-state index is -4.69. The van der Waals surface area contributed by atoms with Gasteiger partial charge in [0.1, 0.15) is 5.82 Å². The van der Waals surface area contributed by atoms with Crippen molar-refractivity contribution in [2.45, 2.75) is 6.18 Å². The van der Waals surface area contributed by atoms with Crippen LogP contribution in [0.3, 0.4) is 0 Å². The maximum atomic E-state index is 12.7. The smallest absolute Gasteiger partial charge is 0.298 e. The number of carbonyl (C=O) groups is 1. The highest BCUT2D eigenvalue weighted by molar-refractivity contribution is 6.31. The van der Waals surface area contributed by atoms with Crippen LogP contribution in [0.4, 0.5) is 17.6 Å². The lowest BCUT2D eigenvalue weighted by molar-refractivity contribution is -0.137. The van der Waals surface area contributed by atoms with Crippen LogP contribution in [0.1, 0.15) is 15.9 Å². The van der Waals surface area contributed by atoms with E-state index in [2.05, 4.69) is 0 Å². The van der Waals surface area contributed by atoms with Gasteiger partial charge in [-0.1, -0.05) is 11.6 Å². The third-order valence-corrected chi connectivity index (χ3v) is 1.83. The van der Waals surface area contributed by atoms with E-state index in [1.165, 1.54) is 0 Å². The topological polar surface area (TPSA) is 17.1 Å². The molecule has 0 aromatic heterocycles. The predicted molar refractivity (Wildman–Crippen MR) is 41.8 cm³/mol. The van der Waals surface area contributed by atoms with E-state index in [1.807, 2.05) is 0 Å². The zero-order valence-electron chi connectivity index (χ0n) is 6.53. The van der Waals surface area contributed by atoms with Gasteiger partial charge in [0.2, 0.25) is 0 Å². The Balaban J connectivity index is 3.39. The minimum absolute atomic E-state index is 0.000895. The third-order valence-electron chi connectivity index (χ3n) is 1.52. The minimum Gasteiger partial charge on any atom is -0.298 e. The molecule has 0 radical (unpaired) electrons. The van der Waals surface area contributed by atoms with E-state index in [9.17, 15) is 22.4 Å². The van der Waals surface area contributed by atoms with Gasteiger partial charge < -0.3 is 0 Å². The lowest BCUT2D eigenvalue weighted by Crippen LogP contribution is -2.07. The Morgan fingerprint density at radius 2 is 1.86 bits per heavy atom. The largest absolute Gasteiger partial charge is 0.417 e. The summed E-state index contributed by atoms with van der Waals surface area (Å²) in [5, 5.41) is -0.763. The molecular formula is C8H3ClF4O. The number of benzene rings is 1. The Morgan fingerprint density at radius 3 is 2.29 bits per heavy atom. The highest BCUT2D eigenvalue weighted by Crippen LogP contribution is 2.35. The van der Waals surface area contributed by atoms with E-state index in [1.54, 1.807) is 0 Å². The Hall–Kier alpha value is -1.10. The number of hydrogen-bond donors (Lipinski definition) is 0. The van der Waals surface area contributed by atoms with Crippen LogP contribution in [0.15, 0.2) is 12.1 Å². The highest BCUT2D eigenvalue weighted by atomic mass is 35.5. The maximum absolute atomic E-state index is 12.7. The fourth-order valence-electron chi connectivity index (χ4n) is 0.873. The standard InChI is InChI=1S/C8H3ClF4O/c9-6-2-7(10)4(3-14)1-5(6)8(11,12)13/h1-3H. The summed E-state index contributed by atoms with van der Waals surface area (Å²) < 4.78 is 49.3. The van der Waals surface area contributed by atoms with Crippen LogP contribution >= 0.6 is 11.6 Å². The molecule has 0 bridgehead atoms. The molecule has 1 rings (SSSR count). The van der Waals surface area contributed by atoms with Crippen LogP contribution < -0.4 is 0 Å². The Labute approximate surface area is 81.3 Å². The van der Waals surface area contributed by atoms with Gasteiger partial charge in [-0.05, 0) is 12.1 Å². The molecule has 0 unspecified atom stereocenters. The van der Waals surface area contributed by atoms with Crippen molar-refractivity contribution in [2.75, 3.05) is 0 Å². The van der Waals surface area contributed by atoms with Crippen molar-refractivity contribution in [1.82, 2.24) is 0 Å². The fraction of sp³-hybridized carbons (Fsp3) is 0.125. The molecule has 0 spiro atoms. The van der Waals surface area contributed by atoms with E-state index in [0.29, 0.717) is 12.1 Å². The van der Waals surface area contributed by atoms with Crippen molar-refractivity contribution >= 4 is 17.9 Å². The Bertz CT molecular complexity index is 372. The average Bonchev–Trinajstić information content (AvgIpc) is 2.02. The monoisotopic (exact) mass is 226 g/mol. The third kappa shape index (κ3) is 2.04. The summed E-state index contributed by atoms with van der Waals surface area (Å²) >= 11 is 5.17. The lowest BCUT2D eigenvalue weighted by Gasteiger charge is -2.09. The van der Waals surface area contributed by atoms with E-state index in [4.69, 9.17) is 11.6 Å². The first-order valence-electron chi connectivity index (χ1n) is 3.37. The molecule has 76 valence electrons. The van der Waals surface area contributed by atoms with Crippen molar-refractivity contribution < 1.29 is 22.4 Å². The van der Waals surface area contributed by atoms with Gasteiger partial charge in [0, 0.05) is 0 Å². The summed E-state index contributed by atoms with van der Waals surface area (Å²) in [4.78, 5) is 10.2. The summed E-state index contributed by atoms with van der Waals surface area (Å²) in [6.45, 7) is 0. The highest BCUT2D eigenvalue weighted by Gasteiger charge is 2.34. The van der Waals surface area contributed by atoms with Gasteiger partial charge in [-0.2, -0.15) is 13.2 Å². The van der Waals surface area contributed by atoms with Crippen molar-refractivity contribution in [3.8, 4) is 0 Å². The normalized spacial score (nSPS) is 11.5. The molecular weight excluding hydrogens is 224 g/mol. The van der Waals surface area contributed by atoms with Crippen molar-refractivity contribution in [3.05, 3.63) is 34.1 Å². The van der Waals surface area contributed by atoms with Gasteiger partial charge in [0.15, 0.2) is 6.29 Å². The summed E-state index contributed by atoms with van der Waals surface area (Å²) in [6, 6.07) is 0.846. The summed E-state index contributed by atoms with van der Waals surface area (Å²) in [7, 11) is 0. The molecule has 0 atom stereocenters.